The quantitative estimate of drug-likeness (QED) is 0.759. The molecule has 1 aliphatic rings. The third kappa shape index (κ3) is 3.40. The molecule has 7 nitrogen and oxygen atoms in total. The number of hydrogen-bond acceptors (Lipinski definition) is 5. The number of nitrogens with zero attached hydrogens (tertiary/aromatic N) is 6. The molecule has 26 heavy (non-hydrogen) atoms. The van der Waals surface area contributed by atoms with E-state index in [1.54, 1.807) is 6.20 Å². The number of aliphatic hydroxyl groups is 1. The summed E-state index contributed by atoms with van der Waals surface area (Å²) in [5.74, 6) is 1.96. The lowest BCUT2D eigenvalue weighted by atomic mass is 9.96. The molecule has 1 fully saturated rings. The smallest absolute Gasteiger partial charge is 0.158 e. The Balaban J connectivity index is 1.47. The molecule has 0 radical (unpaired) electrons. The summed E-state index contributed by atoms with van der Waals surface area (Å²) in [7, 11) is 1.94. The van der Waals surface area contributed by atoms with E-state index < -0.39 is 0 Å². The number of aliphatic hydroxyl groups excluding tert-OH is 1. The van der Waals surface area contributed by atoms with Crippen molar-refractivity contribution in [3.05, 3.63) is 59.9 Å². The van der Waals surface area contributed by atoms with Gasteiger partial charge in [0.05, 0.1) is 5.69 Å². The van der Waals surface area contributed by atoms with Crippen LogP contribution in [-0.2, 0) is 20.2 Å². The van der Waals surface area contributed by atoms with Crippen LogP contribution in [0.5, 0.6) is 0 Å². The lowest BCUT2D eigenvalue weighted by Gasteiger charge is -2.32. The third-order valence-electron chi connectivity index (χ3n) is 5.10. The first kappa shape index (κ1) is 16.9. The van der Waals surface area contributed by atoms with Crippen LogP contribution >= 0.6 is 0 Å². The average Bonchev–Trinajstić information content (AvgIpc) is 3.32. The molecule has 0 spiro atoms. The maximum absolute atomic E-state index is 9.34. The molecule has 7 heteroatoms. The van der Waals surface area contributed by atoms with Crippen LogP contribution in [-0.4, -0.2) is 47.6 Å². The Kier molecular flexibility index (Phi) is 4.81. The summed E-state index contributed by atoms with van der Waals surface area (Å²) in [4.78, 5) is 2.48. The molecule has 0 aliphatic carbocycles. The number of hydrogen-bond donors (Lipinski definition) is 1. The van der Waals surface area contributed by atoms with E-state index in [0.29, 0.717) is 11.7 Å². The number of rotatable bonds is 5. The highest BCUT2D eigenvalue weighted by Gasteiger charge is 2.25. The second-order valence-electron chi connectivity index (χ2n) is 6.89. The SMILES string of the molecule is Cn1c(CO)nnc1C1CCCN(Cc2cccc(-n3cccn3)c2)C1. The second kappa shape index (κ2) is 7.39. The molecule has 1 aliphatic heterocycles. The van der Waals surface area contributed by atoms with Crippen molar-refractivity contribution >= 4 is 0 Å². The van der Waals surface area contributed by atoms with Crippen molar-refractivity contribution in [1.29, 1.82) is 0 Å². The minimum atomic E-state index is -0.0693. The lowest BCUT2D eigenvalue weighted by Crippen LogP contribution is -2.34. The van der Waals surface area contributed by atoms with Gasteiger partial charge in [-0.05, 0) is 43.1 Å². The predicted molar refractivity (Wildman–Crippen MR) is 97.7 cm³/mol. The summed E-state index contributed by atoms with van der Waals surface area (Å²) in [6, 6.07) is 10.5. The zero-order chi connectivity index (χ0) is 17.9. The van der Waals surface area contributed by atoms with Gasteiger partial charge in [0.15, 0.2) is 5.82 Å². The fraction of sp³-hybridized carbons (Fsp3) is 0.421. The summed E-state index contributed by atoms with van der Waals surface area (Å²) in [5.41, 5.74) is 2.37. The van der Waals surface area contributed by atoms with Crippen LogP contribution < -0.4 is 0 Å². The van der Waals surface area contributed by atoms with E-state index in [2.05, 4.69) is 44.5 Å². The molecule has 0 bridgehead atoms. The minimum absolute atomic E-state index is 0.0693. The Hall–Kier alpha value is -2.51. The van der Waals surface area contributed by atoms with E-state index in [-0.39, 0.29) is 6.61 Å². The highest BCUT2D eigenvalue weighted by atomic mass is 16.3. The van der Waals surface area contributed by atoms with Crippen LogP contribution in [0.4, 0.5) is 0 Å². The number of aromatic nitrogens is 5. The summed E-state index contributed by atoms with van der Waals surface area (Å²) >= 11 is 0. The second-order valence-corrected chi connectivity index (χ2v) is 6.89. The molecule has 1 aromatic carbocycles. The van der Waals surface area contributed by atoms with E-state index in [0.717, 1.165) is 44.0 Å². The molecular formula is C19H24N6O. The maximum atomic E-state index is 9.34. The molecule has 1 unspecified atom stereocenters. The van der Waals surface area contributed by atoms with Gasteiger partial charge in [0.25, 0.3) is 0 Å². The molecule has 3 heterocycles. The Morgan fingerprint density at radius 3 is 2.92 bits per heavy atom. The highest BCUT2D eigenvalue weighted by Crippen LogP contribution is 2.27. The first-order valence-corrected chi connectivity index (χ1v) is 9.05. The van der Waals surface area contributed by atoms with Crippen LogP contribution in [0, 0.1) is 0 Å². The van der Waals surface area contributed by atoms with Crippen molar-refractivity contribution in [3.63, 3.8) is 0 Å². The highest BCUT2D eigenvalue weighted by molar-refractivity contribution is 5.35. The monoisotopic (exact) mass is 352 g/mol. The lowest BCUT2D eigenvalue weighted by molar-refractivity contribution is 0.194. The van der Waals surface area contributed by atoms with Crippen LogP contribution in [0.15, 0.2) is 42.7 Å². The van der Waals surface area contributed by atoms with Crippen LogP contribution in [0.25, 0.3) is 5.69 Å². The first-order chi connectivity index (χ1) is 12.7. The van der Waals surface area contributed by atoms with E-state index in [1.807, 2.05) is 28.6 Å². The topological polar surface area (TPSA) is 72.0 Å². The normalized spacial score (nSPS) is 18.3. The summed E-state index contributed by atoms with van der Waals surface area (Å²) in [5, 5.41) is 22.1. The van der Waals surface area contributed by atoms with Crippen molar-refractivity contribution in [2.75, 3.05) is 13.1 Å². The zero-order valence-electron chi connectivity index (χ0n) is 15.0. The van der Waals surface area contributed by atoms with Gasteiger partial charge in [0.2, 0.25) is 0 Å². The molecule has 136 valence electrons. The molecule has 0 amide bonds. The molecule has 1 saturated heterocycles. The summed E-state index contributed by atoms with van der Waals surface area (Å²) < 4.78 is 3.82. The Bertz CT molecular complexity index is 857. The molecule has 2 aromatic heterocycles. The first-order valence-electron chi connectivity index (χ1n) is 9.05. The standard InChI is InChI=1S/C19H24N6O/c1-23-18(14-26)21-22-19(23)16-6-3-9-24(13-16)12-15-5-2-7-17(11-15)25-10-4-8-20-25/h2,4-5,7-8,10-11,16,26H,3,6,9,12-14H2,1H3. The van der Waals surface area contributed by atoms with Crippen molar-refractivity contribution in [2.24, 2.45) is 7.05 Å². The maximum Gasteiger partial charge on any atom is 0.158 e. The molecule has 4 rings (SSSR count). The molecular weight excluding hydrogens is 328 g/mol. The molecule has 1 N–H and O–H groups in total. The predicted octanol–water partition coefficient (Wildman–Crippen LogP) is 1.87. The third-order valence-corrected chi connectivity index (χ3v) is 5.10. The zero-order valence-corrected chi connectivity index (χ0v) is 15.0. The summed E-state index contributed by atoms with van der Waals surface area (Å²) in [6.07, 6.45) is 6.01. The Morgan fingerprint density at radius 2 is 2.15 bits per heavy atom. The summed E-state index contributed by atoms with van der Waals surface area (Å²) in [6.45, 7) is 2.90. The average molecular weight is 352 g/mol. The van der Waals surface area contributed by atoms with Crippen molar-refractivity contribution in [2.45, 2.75) is 31.9 Å². The van der Waals surface area contributed by atoms with Crippen molar-refractivity contribution < 1.29 is 5.11 Å². The van der Waals surface area contributed by atoms with Crippen molar-refractivity contribution in [1.82, 2.24) is 29.4 Å². The van der Waals surface area contributed by atoms with Gasteiger partial charge in [0, 0.05) is 38.4 Å². The van der Waals surface area contributed by atoms with Crippen molar-refractivity contribution in [3.8, 4) is 5.69 Å². The number of piperidine rings is 1. The van der Waals surface area contributed by atoms with Gasteiger partial charge < -0.3 is 9.67 Å². The van der Waals surface area contributed by atoms with Gasteiger partial charge in [-0.1, -0.05) is 12.1 Å². The van der Waals surface area contributed by atoms with Gasteiger partial charge in [-0.25, -0.2) is 4.68 Å². The van der Waals surface area contributed by atoms with Gasteiger partial charge in [-0.3, -0.25) is 4.90 Å². The number of likely N-dealkylation sites (tertiary alicyclic amines) is 1. The number of benzene rings is 1. The molecule has 3 aromatic rings. The van der Waals surface area contributed by atoms with E-state index >= 15 is 0 Å². The molecule has 0 saturated carbocycles. The van der Waals surface area contributed by atoms with E-state index in [9.17, 15) is 5.11 Å². The van der Waals surface area contributed by atoms with E-state index in [1.165, 1.54) is 5.56 Å². The fourth-order valence-corrected chi connectivity index (χ4v) is 3.76. The Labute approximate surface area is 152 Å². The Morgan fingerprint density at radius 1 is 1.23 bits per heavy atom. The van der Waals surface area contributed by atoms with Crippen LogP contribution in [0.3, 0.4) is 0 Å². The van der Waals surface area contributed by atoms with E-state index in [4.69, 9.17) is 0 Å². The fourth-order valence-electron chi connectivity index (χ4n) is 3.76. The van der Waals surface area contributed by atoms with Gasteiger partial charge in [0.1, 0.15) is 12.4 Å². The minimum Gasteiger partial charge on any atom is -0.388 e. The molecule has 1 atom stereocenters. The van der Waals surface area contributed by atoms with Gasteiger partial charge >= 0.3 is 0 Å². The van der Waals surface area contributed by atoms with Gasteiger partial charge in [-0.2, -0.15) is 5.10 Å². The van der Waals surface area contributed by atoms with Gasteiger partial charge in [-0.15, -0.1) is 10.2 Å². The van der Waals surface area contributed by atoms with Crippen LogP contribution in [0.2, 0.25) is 0 Å². The van der Waals surface area contributed by atoms with Crippen LogP contribution in [0.1, 0.15) is 36.0 Å². The largest absolute Gasteiger partial charge is 0.388 e.